The van der Waals surface area contributed by atoms with Gasteiger partial charge in [0, 0.05) is 25.1 Å². The monoisotopic (exact) mass is 444 g/mol. The Morgan fingerprint density at radius 2 is 1.74 bits per heavy atom. The molecule has 164 valence electrons. The molecule has 0 radical (unpaired) electrons. The van der Waals surface area contributed by atoms with Crippen LogP contribution in [0.1, 0.15) is 13.3 Å². The van der Waals surface area contributed by atoms with E-state index in [0.717, 1.165) is 33.9 Å². The lowest BCUT2D eigenvalue weighted by molar-refractivity contribution is -0.131. The maximum Gasteiger partial charge on any atom is 0.264 e. The van der Waals surface area contributed by atoms with E-state index in [1.54, 1.807) is 19.4 Å². The smallest absolute Gasteiger partial charge is 0.264 e. The van der Waals surface area contributed by atoms with Crippen LogP contribution in [0, 0.1) is 0 Å². The summed E-state index contributed by atoms with van der Waals surface area (Å²) >= 11 is 0. The SMILES string of the molecule is COc1ccc2cc(-c3ccn(CCC(C)(C(=O)NO)S(C)(=O)=O)c(=O)c3)ccc2c1. The Labute approximate surface area is 180 Å². The van der Waals surface area contributed by atoms with Gasteiger partial charge in [-0.15, -0.1) is 0 Å². The van der Waals surface area contributed by atoms with Crippen LogP contribution in [0.25, 0.3) is 21.9 Å². The van der Waals surface area contributed by atoms with Crippen molar-refractivity contribution in [2.45, 2.75) is 24.6 Å². The fraction of sp³-hybridized carbons (Fsp3) is 0.273. The predicted octanol–water partition coefficient (Wildman–Crippen LogP) is 2.38. The summed E-state index contributed by atoms with van der Waals surface area (Å²) in [5.41, 5.74) is 2.66. The third kappa shape index (κ3) is 4.47. The van der Waals surface area contributed by atoms with E-state index in [-0.39, 0.29) is 18.5 Å². The van der Waals surface area contributed by atoms with Crippen LogP contribution in [0.2, 0.25) is 0 Å². The Morgan fingerprint density at radius 3 is 2.35 bits per heavy atom. The summed E-state index contributed by atoms with van der Waals surface area (Å²) in [6.07, 6.45) is 2.31. The largest absolute Gasteiger partial charge is 0.497 e. The van der Waals surface area contributed by atoms with Crippen molar-refractivity contribution in [3.8, 4) is 16.9 Å². The molecule has 1 heterocycles. The molecule has 1 atom stereocenters. The van der Waals surface area contributed by atoms with Gasteiger partial charge in [0.1, 0.15) is 5.75 Å². The van der Waals surface area contributed by atoms with Gasteiger partial charge in [-0.1, -0.05) is 18.2 Å². The standard InChI is InChI=1S/C22H24N2O6S/c1-22(21(26)23-27,31(3,28)29)9-11-24-10-8-18(14-20(24)25)15-4-5-17-13-19(30-2)7-6-16(17)12-15/h4-8,10,12-14,27H,9,11H2,1-3H3,(H,23,26). The number of hydrogen-bond acceptors (Lipinski definition) is 6. The summed E-state index contributed by atoms with van der Waals surface area (Å²) in [5, 5.41) is 10.9. The van der Waals surface area contributed by atoms with E-state index in [2.05, 4.69) is 0 Å². The fourth-order valence-corrected chi connectivity index (χ4v) is 4.17. The quantitative estimate of drug-likeness (QED) is 0.427. The lowest BCUT2D eigenvalue weighted by Crippen LogP contribution is -2.49. The highest BCUT2D eigenvalue weighted by atomic mass is 32.2. The molecule has 0 aliphatic rings. The van der Waals surface area contributed by atoms with E-state index in [1.165, 1.54) is 23.0 Å². The molecule has 9 heteroatoms. The number of amides is 1. The van der Waals surface area contributed by atoms with Gasteiger partial charge >= 0.3 is 0 Å². The second kappa shape index (κ2) is 8.52. The molecule has 3 aromatic rings. The molecule has 0 spiro atoms. The summed E-state index contributed by atoms with van der Waals surface area (Å²) in [6, 6.07) is 14.8. The lowest BCUT2D eigenvalue weighted by atomic mass is 10.0. The van der Waals surface area contributed by atoms with E-state index in [4.69, 9.17) is 9.94 Å². The molecule has 0 aliphatic heterocycles. The predicted molar refractivity (Wildman–Crippen MR) is 118 cm³/mol. The highest BCUT2D eigenvalue weighted by Crippen LogP contribution is 2.27. The Hall–Kier alpha value is -3.17. The lowest BCUT2D eigenvalue weighted by Gasteiger charge is -2.25. The third-order valence-corrected chi connectivity index (χ3v) is 7.63. The topological polar surface area (TPSA) is 115 Å². The van der Waals surface area contributed by atoms with Crippen molar-refractivity contribution in [1.82, 2.24) is 10.0 Å². The molecule has 1 aromatic heterocycles. The highest BCUT2D eigenvalue weighted by molar-refractivity contribution is 7.92. The Balaban J connectivity index is 1.87. The van der Waals surface area contributed by atoms with E-state index in [0.29, 0.717) is 0 Å². The van der Waals surface area contributed by atoms with Crippen LogP contribution in [0.3, 0.4) is 0 Å². The third-order valence-electron chi connectivity index (χ3n) is 5.61. The molecule has 0 saturated carbocycles. The van der Waals surface area contributed by atoms with Gasteiger partial charge in [0.05, 0.1) is 7.11 Å². The molecule has 0 bridgehead atoms. The fourth-order valence-electron chi connectivity index (χ4n) is 3.32. The van der Waals surface area contributed by atoms with Crippen molar-refractivity contribution < 1.29 is 23.2 Å². The number of nitrogens with one attached hydrogen (secondary N) is 1. The zero-order valence-electron chi connectivity index (χ0n) is 17.5. The number of carbonyl (C=O) groups is 1. The number of hydrogen-bond donors (Lipinski definition) is 2. The number of sulfone groups is 1. The number of aryl methyl sites for hydroxylation is 1. The van der Waals surface area contributed by atoms with Crippen LogP contribution in [0.15, 0.2) is 59.5 Å². The second-order valence-electron chi connectivity index (χ2n) is 7.57. The first-order valence-corrected chi connectivity index (χ1v) is 11.4. The Bertz CT molecular complexity index is 1300. The van der Waals surface area contributed by atoms with Gasteiger partial charge in [0.2, 0.25) is 0 Å². The van der Waals surface area contributed by atoms with Gasteiger partial charge in [0.15, 0.2) is 14.6 Å². The number of aromatic nitrogens is 1. The van der Waals surface area contributed by atoms with Gasteiger partial charge in [-0.2, -0.15) is 0 Å². The molecule has 31 heavy (non-hydrogen) atoms. The van der Waals surface area contributed by atoms with Crippen LogP contribution in [0.4, 0.5) is 0 Å². The number of hydroxylamine groups is 1. The minimum absolute atomic E-state index is 0.00633. The molecule has 0 fully saturated rings. The zero-order chi connectivity index (χ0) is 22.8. The summed E-state index contributed by atoms with van der Waals surface area (Å²) in [6.45, 7) is 1.21. The van der Waals surface area contributed by atoms with Crippen molar-refractivity contribution in [3.63, 3.8) is 0 Å². The van der Waals surface area contributed by atoms with Gasteiger partial charge in [0.25, 0.3) is 11.5 Å². The molecule has 2 aromatic carbocycles. The van der Waals surface area contributed by atoms with E-state index in [9.17, 15) is 18.0 Å². The van der Waals surface area contributed by atoms with E-state index >= 15 is 0 Å². The summed E-state index contributed by atoms with van der Waals surface area (Å²) < 4.78 is 28.9. The number of carbonyl (C=O) groups excluding carboxylic acids is 1. The Morgan fingerprint density at radius 1 is 1.10 bits per heavy atom. The number of methoxy groups -OCH3 is 1. The van der Waals surface area contributed by atoms with Gasteiger partial charge < -0.3 is 9.30 Å². The van der Waals surface area contributed by atoms with Gasteiger partial charge in [-0.3, -0.25) is 14.8 Å². The average Bonchev–Trinajstić information content (AvgIpc) is 2.75. The summed E-state index contributed by atoms with van der Waals surface area (Å²) in [7, 11) is -2.22. The summed E-state index contributed by atoms with van der Waals surface area (Å²) in [4.78, 5) is 24.6. The van der Waals surface area contributed by atoms with Crippen LogP contribution >= 0.6 is 0 Å². The highest BCUT2D eigenvalue weighted by Gasteiger charge is 2.43. The first-order valence-electron chi connectivity index (χ1n) is 9.52. The molecule has 2 N–H and O–H groups in total. The number of rotatable bonds is 7. The molecule has 3 rings (SSSR count). The molecule has 1 unspecified atom stereocenters. The number of benzene rings is 2. The molecule has 8 nitrogen and oxygen atoms in total. The van der Waals surface area contributed by atoms with Crippen LogP contribution < -0.4 is 15.8 Å². The van der Waals surface area contributed by atoms with Crippen molar-refractivity contribution >= 4 is 26.5 Å². The molecule has 0 aliphatic carbocycles. The second-order valence-corrected chi connectivity index (χ2v) is 10.0. The van der Waals surface area contributed by atoms with Crippen molar-refractivity contribution in [2.24, 2.45) is 0 Å². The number of ether oxygens (including phenoxy) is 1. The number of nitrogens with zero attached hydrogens (tertiary/aromatic N) is 1. The Kier molecular flexibility index (Phi) is 6.19. The van der Waals surface area contributed by atoms with Crippen LogP contribution in [0.5, 0.6) is 5.75 Å². The molecular formula is C22H24N2O6S. The number of fused-ring (bicyclic) bond motifs is 1. The average molecular weight is 445 g/mol. The van der Waals surface area contributed by atoms with Crippen molar-refractivity contribution in [1.29, 1.82) is 0 Å². The first-order chi connectivity index (χ1) is 14.6. The van der Waals surface area contributed by atoms with Crippen LogP contribution in [-0.2, 0) is 21.2 Å². The van der Waals surface area contributed by atoms with Crippen molar-refractivity contribution in [3.05, 3.63) is 65.1 Å². The minimum Gasteiger partial charge on any atom is -0.497 e. The zero-order valence-corrected chi connectivity index (χ0v) is 18.3. The molecule has 0 saturated heterocycles. The van der Waals surface area contributed by atoms with E-state index < -0.39 is 20.5 Å². The maximum absolute atomic E-state index is 12.6. The van der Waals surface area contributed by atoms with Crippen LogP contribution in [-0.4, -0.2) is 42.2 Å². The number of pyridine rings is 1. The van der Waals surface area contributed by atoms with E-state index in [1.807, 2.05) is 36.4 Å². The van der Waals surface area contributed by atoms with Gasteiger partial charge in [-0.25, -0.2) is 13.9 Å². The maximum atomic E-state index is 12.6. The van der Waals surface area contributed by atoms with Gasteiger partial charge in [-0.05, 0) is 59.5 Å². The first kappa shape index (κ1) is 22.5. The molecule has 1 amide bonds. The van der Waals surface area contributed by atoms with Crippen molar-refractivity contribution in [2.75, 3.05) is 13.4 Å². The summed E-state index contributed by atoms with van der Waals surface area (Å²) in [5.74, 6) is -0.272. The molecular weight excluding hydrogens is 420 g/mol. The minimum atomic E-state index is -3.83. The normalized spacial score (nSPS) is 13.5.